The minimum absolute atomic E-state index is 0.141. The van der Waals surface area contributed by atoms with E-state index in [4.69, 9.17) is 4.74 Å². The number of hydrogen-bond donors (Lipinski definition) is 1. The summed E-state index contributed by atoms with van der Waals surface area (Å²) in [6.07, 6.45) is 3.45. The highest BCUT2D eigenvalue weighted by Gasteiger charge is 2.20. The molecule has 5 nitrogen and oxygen atoms in total. The lowest BCUT2D eigenvalue weighted by Gasteiger charge is -2.26. The number of carbonyl (C=O) groups is 1. The molecular formula is C16H14BrN3O2. The van der Waals surface area contributed by atoms with E-state index in [0.29, 0.717) is 26.3 Å². The van der Waals surface area contributed by atoms with E-state index in [-0.39, 0.29) is 11.5 Å². The number of morpholine rings is 1. The Bertz CT molecular complexity index is 782. The molecule has 0 atom stereocenters. The van der Waals surface area contributed by atoms with Crippen molar-refractivity contribution >= 4 is 38.8 Å². The molecule has 1 aliphatic heterocycles. The monoisotopic (exact) mass is 359 g/mol. The van der Waals surface area contributed by atoms with E-state index >= 15 is 0 Å². The van der Waals surface area contributed by atoms with Gasteiger partial charge < -0.3 is 14.6 Å². The number of aromatic amines is 1. The van der Waals surface area contributed by atoms with Crippen LogP contribution in [0.5, 0.6) is 0 Å². The number of benzene rings is 1. The first-order valence-electron chi connectivity index (χ1n) is 6.94. The standard InChI is InChI=1S/C16H14BrN3O2/c17-13-1-2-15-14(8-13)12(10-19-15)7-11(9-18)16(21)20-3-5-22-6-4-20/h1-2,7-8,10,19H,3-6H2/b11-7+. The van der Waals surface area contributed by atoms with E-state index in [2.05, 4.69) is 20.9 Å². The molecule has 112 valence electrons. The van der Waals surface area contributed by atoms with Crippen molar-refractivity contribution in [1.82, 2.24) is 9.88 Å². The molecule has 0 unspecified atom stereocenters. The fourth-order valence-corrected chi connectivity index (χ4v) is 2.83. The van der Waals surface area contributed by atoms with E-state index in [1.807, 2.05) is 24.3 Å². The van der Waals surface area contributed by atoms with Crippen LogP contribution in [0.15, 0.2) is 34.4 Å². The van der Waals surface area contributed by atoms with Crippen LogP contribution >= 0.6 is 15.9 Å². The lowest BCUT2D eigenvalue weighted by atomic mass is 10.1. The first kappa shape index (κ1) is 14.8. The maximum absolute atomic E-state index is 12.4. The van der Waals surface area contributed by atoms with E-state index in [1.165, 1.54) is 0 Å². The van der Waals surface area contributed by atoms with Crippen molar-refractivity contribution in [1.29, 1.82) is 5.26 Å². The van der Waals surface area contributed by atoms with Crippen molar-refractivity contribution < 1.29 is 9.53 Å². The number of rotatable bonds is 2. The number of ether oxygens (including phenoxy) is 1. The van der Waals surface area contributed by atoms with Gasteiger partial charge in [0, 0.05) is 40.2 Å². The van der Waals surface area contributed by atoms with Crippen LogP contribution in [-0.2, 0) is 9.53 Å². The Hall–Kier alpha value is -2.10. The highest BCUT2D eigenvalue weighted by atomic mass is 79.9. The zero-order valence-corrected chi connectivity index (χ0v) is 13.4. The Morgan fingerprint density at radius 2 is 2.18 bits per heavy atom. The maximum atomic E-state index is 12.4. The summed E-state index contributed by atoms with van der Waals surface area (Å²) in [5, 5.41) is 10.3. The van der Waals surface area contributed by atoms with Gasteiger partial charge in [-0.1, -0.05) is 15.9 Å². The SMILES string of the molecule is N#C/C(=C\c1c[nH]c2ccc(Br)cc12)C(=O)N1CCOCC1. The fourth-order valence-electron chi connectivity index (χ4n) is 2.47. The largest absolute Gasteiger partial charge is 0.378 e. The summed E-state index contributed by atoms with van der Waals surface area (Å²) in [5.74, 6) is -0.241. The zero-order chi connectivity index (χ0) is 15.5. The molecule has 1 aromatic carbocycles. The van der Waals surface area contributed by atoms with Crippen LogP contribution in [-0.4, -0.2) is 42.1 Å². The van der Waals surface area contributed by atoms with Gasteiger partial charge in [-0.05, 0) is 24.3 Å². The van der Waals surface area contributed by atoms with Crippen molar-refractivity contribution in [3.05, 3.63) is 40.0 Å². The van der Waals surface area contributed by atoms with Crippen LogP contribution in [0.4, 0.5) is 0 Å². The normalized spacial score (nSPS) is 15.8. The molecule has 1 saturated heterocycles. The number of carbonyl (C=O) groups excluding carboxylic acids is 1. The van der Waals surface area contributed by atoms with Gasteiger partial charge >= 0.3 is 0 Å². The average molecular weight is 360 g/mol. The summed E-state index contributed by atoms with van der Waals surface area (Å²) >= 11 is 3.44. The second-order valence-electron chi connectivity index (χ2n) is 5.01. The van der Waals surface area contributed by atoms with Crippen molar-refractivity contribution in [2.75, 3.05) is 26.3 Å². The number of H-pyrrole nitrogens is 1. The van der Waals surface area contributed by atoms with E-state index in [0.717, 1.165) is 20.9 Å². The summed E-state index contributed by atoms with van der Waals surface area (Å²) in [4.78, 5) is 17.2. The second kappa shape index (κ2) is 6.34. The Morgan fingerprint density at radius 1 is 1.41 bits per heavy atom. The number of nitriles is 1. The molecule has 1 fully saturated rings. The average Bonchev–Trinajstić information content (AvgIpc) is 2.95. The topological polar surface area (TPSA) is 69.1 Å². The third kappa shape index (κ3) is 2.91. The molecule has 3 rings (SSSR count). The van der Waals surface area contributed by atoms with Gasteiger partial charge in [-0.15, -0.1) is 0 Å². The zero-order valence-electron chi connectivity index (χ0n) is 11.8. The predicted octanol–water partition coefficient (Wildman–Crippen LogP) is 2.70. The van der Waals surface area contributed by atoms with Gasteiger partial charge in [-0.3, -0.25) is 4.79 Å². The van der Waals surface area contributed by atoms with Gasteiger partial charge in [-0.2, -0.15) is 5.26 Å². The highest BCUT2D eigenvalue weighted by molar-refractivity contribution is 9.10. The van der Waals surface area contributed by atoms with Gasteiger partial charge in [0.25, 0.3) is 5.91 Å². The van der Waals surface area contributed by atoms with Crippen molar-refractivity contribution in [3.63, 3.8) is 0 Å². The molecule has 0 spiro atoms. The van der Waals surface area contributed by atoms with E-state index < -0.39 is 0 Å². The lowest BCUT2D eigenvalue weighted by Crippen LogP contribution is -2.41. The molecule has 0 bridgehead atoms. The molecule has 22 heavy (non-hydrogen) atoms. The molecule has 2 aromatic rings. The molecule has 1 aromatic heterocycles. The molecule has 1 N–H and O–H groups in total. The smallest absolute Gasteiger partial charge is 0.264 e. The first-order chi connectivity index (χ1) is 10.7. The maximum Gasteiger partial charge on any atom is 0.264 e. The first-order valence-corrected chi connectivity index (χ1v) is 7.74. The van der Waals surface area contributed by atoms with E-state index in [1.54, 1.807) is 17.2 Å². The Morgan fingerprint density at radius 3 is 2.91 bits per heavy atom. The van der Waals surface area contributed by atoms with E-state index in [9.17, 15) is 10.1 Å². The number of halogens is 1. The molecule has 0 saturated carbocycles. The Balaban J connectivity index is 1.94. The summed E-state index contributed by atoms with van der Waals surface area (Å²) in [6, 6.07) is 7.88. The molecule has 0 aliphatic carbocycles. The minimum Gasteiger partial charge on any atom is -0.378 e. The summed E-state index contributed by atoms with van der Waals surface area (Å²) in [5.41, 5.74) is 1.93. The molecule has 0 radical (unpaired) electrons. The van der Waals surface area contributed by atoms with Crippen LogP contribution in [0.1, 0.15) is 5.56 Å². The van der Waals surface area contributed by atoms with Crippen molar-refractivity contribution in [2.45, 2.75) is 0 Å². The number of nitrogens with zero attached hydrogens (tertiary/aromatic N) is 2. The number of hydrogen-bond acceptors (Lipinski definition) is 3. The van der Waals surface area contributed by atoms with Crippen LogP contribution in [0.2, 0.25) is 0 Å². The van der Waals surface area contributed by atoms with Crippen molar-refractivity contribution in [3.8, 4) is 6.07 Å². The number of amides is 1. The lowest BCUT2D eigenvalue weighted by molar-refractivity contribution is -0.130. The van der Waals surface area contributed by atoms with Crippen molar-refractivity contribution in [2.24, 2.45) is 0 Å². The molecule has 2 heterocycles. The number of aromatic nitrogens is 1. The molecule has 6 heteroatoms. The van der Waals surface area contributed by atoms with Gasteiger partial charge in [0.1, 0.15) is 11.6 Å². The molecule has 1 aliphatic rings. The summed E-state index contributed by atoms with van der Waals surface area (Å²) < 4.78 is 6.18. The summed E-state index contributed by atoms with van der Waals surface area (Å²) in [6.45, 7) is 2.09. The van der Waals surface area contributed by atoms with Crippen LogP contribution in [0.25, 0.3) is 17.0 Å². The van der Waals surface area contributed by atoms with Crippen LogP contribution < -0.4 is 0 Å². The van der Waals surface area contributed by atoms with Crippen LogP contribution in [0, 0.1) is 11.3 Å². The van der Waals surface area contributed by atoms with Gasteiger partial charge in [0.05, 0.1) is 13.2 Å². The Labute approximate surface area is 136 Å². The Kier molecular flexibility index (Phi) is 4.27. The fraction of sp³-hybridized carbons (Fsp3) is 0.250. The summed E-state index contributed by atoms with van der Waals surface area (Å²) in [7, 11) is 0. The number of fused-ring (bicyclic) bond motifs is 1. The second-order valence-corrected chi connectivity index (χ2v) is 5.92. The van der Waals surface area contributed by atoms with Gasteiger partial charge in [0.2, 0.25) is 0 Å². The highest BCUT2D eigenvalue weighted by Crippen LogP contribution is 2.24. The quantitative estimate of drug-likeness (QED) is 0.661. The van der Waals surface area contributed by atoms with Gasteiger partial charge in [-0.25, -0.2) is 0 Å². The minimum atomic E-state index is -0.241. The predicted molar refractivity (Wildman–Crippen MR) is 87.0 cm³/mol. The molecule has 1 amide bonds. The number of nitrogens with one attached hydrogen (secondary N) is 1. The van der Waals surface area contributed by atoms with Crippen LogP contribution in [0.3, 0.4) is 0 Å². The molecular weight excluding hydrogens is 346 g/mol. The van der Waals surface area contributed by atoms with Gasteiger partial charge in [0.15, 0.2) is 0 Å². The third-order valence-corrected chi connectivity index (χ3v) is 4.12. The third-order valence-electron chi connectivity index (χ3n) is 3.62.